The Morgan fingerprint density at radius 3 is 2.22 bits per heavy atom. The molecule has 0 aromatic heterocycles. The third kappa shape index (κ3) is 2.84. The minimum absolute atomic E-state index is 0.299. The Bertz CT molecular complexity index is 962. The molecule has 0 saturated heterocycles. The summed E-state index contributed by atoms with van der Waals surface area (Å²) in [6, 6.07) is 11.1. The van der Waals surface area contributed by atoms with Crippen molar-refractivity contribution in [3.8, 4) is 0 Å². The molecule has 27 heavy (non-hydrogen) atoms. The van der Waals surface area contributed by atoms with Crippen molar-refractivity contribution in [1.29, 1.82) is 0 Å². The molecule has 0 aliphatic carbocycles. The van der Waals surface area contributed by atoms with Gasteiger partial charge in [-0.05, 0) is 35.9 Å². The van der Waals surface area contributed by atoms with Crippen LogP contribution in [-0.4, -0.2) is 30.4 Å². The van der Waals surface area contributed by atoms with Gasteiger partial charge >= 0.3 is 6.18 Å². The van der Waals surface area contributed by atoms with Gasteiger partial charge < -0.3 is 0 Å². The Morgan fingerprint density at radius 1 is 1.00 bits per heavy atom. The lowest BCUT2D eigenvalue weighted by molar-refractivity contribution is -0.137. The number of benzene rings is 2. The Kier molecular flexibility index (Phi) is 4.11. The highest BCUT2D eigenvalue weighted by Gasteiger charge is 2.36. The standard InChI is InChI=1S/C21H19F3N2O/c1-3-25-11-17-15-6-4-5-7-19(15)26(13(2)27)20-10-14(21(22,23)24)8-9-16(20)18(17)12-25/h4-10H,3,11-12H2,1-2H3. The maximum Gasteiger partial charge on any atom is 0.416 e. The van der Waals surface area contributed by atoms with Gasteiger partial charge in [0, 0.05) is 31.1 Å². The average molecular weight is 372 g/mol. The molecule has 0 unspecified atom stereocenters. The molecule has 3 nitrogen and oxygen atoms in total. The van der Waals surface area contributed by atoms with E-state index in [1.54, 1.807) is 12.1 Å². The molecule has 2 aliphatic rings. The predicted molar refractivity (Wildman–Crippen MR) is 99.6 cm³/mol. The van der Waals surface area contributed by atoms with Crippen LogP contribution in [-0.2, 0) is 11.0 Å². The predicted octanol–water partition coefficient (Wildman–Crippen LogP) is 4.95. The second-order valence-electron chi connectivity index (χ2n) is 6.86. The number of nitrogens with zero attached hydrogens (tertiary/aromatic N) is 2. The highest BCUT2D eigenvalue weighted by atomic mass is 19.4. The second-order valence-corrected chi connectivity index (χ2v) is 6.86. The Morgan fingerprint density at radius 2 is 1.63 bits per heavy atom. The van der Waals surface area contributed by atoms with Crippen molar-refractivity contribution in [2.75, 3.05) is 24.5 Å². The summed E-state index contributed by atoms with van der Waals surface area (Å²) in [4.78, 5) is 16.1. The van der Waals surface area contributed by atoms with Crippen LogP contribution in [0.2, 0.25) is 0 Å². The van der Waals surface area contributed by atoms with Crippen LogP contribution in [0.3, 0.4) is 0 Å². The van der Waals surface area contributed by atoms with E-state index in [0.717, 1.165) is 41.9 Å². The summed E-state index contributed by atoms with van der Waals surface area (Å²) in [7, 11) is 0. The van der Waals surface area contributed by atoms with E-state index in [1.807, 2.05) is 12.1 Å². The molecule has 0 bridgehead atoms. The van der Waals surface area contributed by atoms with Crippen molar-refractivity contribution in [2.24, 2.45) is 0 Å². The number of rotatable bonds is 1. The number of alkyl halides is 3. The van der Waals surface area contributed by atoms with Crippen LogP contribution in [0.4, 0.5) is 24.5 Å². The number of carbonyl (C=O) groups excluding carboxylic acids is 1. The summed E-state index contributed by atoms with van der Waals surface area (Å²) in [5, 5.41) is 0. The molecular formula is C21H19F3N2O. The summed E-state index contributed by atoms with van der Waals surface area (Å²) >= 11 is 0. The van der Waals surface area contributed by atoms with E-state index in [4.69, 9.17) is 0 Å². The number of likely N-dealkylation sites (N-methyl/N-ethyl adjacent to an activating group) is 1. The van der Waals surface area contributed by atoms with Crippen LogP contribution in [0.15, 0.2) is 42.5 Å². The highest BCUT2D eigenvalue weighted by Crippen LogP contribution is 2.47. The molecule has 2 aliphatic heterocycles. The van der Waals surface area contributed by atoms with Crippen molar-refractivity contribution >= 4 is 28.4 Å². The van der Waals surface area contributed by atoms with Gasteiger partial charge in [0.25, 0.3) is 0 Å². The molecule has 2 aromatic rings. The first-order valence-electron chi connectivity index (χ1n) is 8.87. The van der Waals surface area contributed by atoms with Gasteiger partial charge in [-0.25, -0.2) is 0 Å². The van der Waals surface area contributed by atoms with E-state index in [-0.39, 0.29) is 5.91 Å². The molecule has 0 N–H and O–H groups in total. The van der Waals surface area contributed by atoms with Crippen molar-refractivity contribution < 1.29 is 18.0 Å². The van der Waals surface area contributed by atoms with Crippen molar-refractivity contribution in [2.45, 2.75) is 20.0 Å². The Labute approximate surface area is 155 Å². The first-order chi connectivity index (χ1) is 12.8. The normalized spacial score (nSPS) is 16.7. The molecule has 6 heteroatoms. The molecule has 2 heterocycles. The van der Waals surface area contributed by atoms with E-state index < -0.39 is 11.7 Å². The zero-order valence-electron chi connectivity index (χ0n) is 15.1. The molecule has 0 radical (unpaired) electrons. The van der Waals surface area contributed by atoms with Gasteiger partial charge in [-0.3, -0.25) is 14.6 Å². The van der Waals surface area contributed by atoms with Crippen molar-refractivity contribution in [1.82, 2.24) is 4.90 Å². The minimum Gasteiger partial charge on any atom is -0.295 e. The molecule has 1 amide bonds. The smallest absolute Gasteiger partial charge is 0.295 e. The van der Waals surface area contributed by atoms with Gasteiger partial charge in [0.05, 0.1) is 16.9 Å². The third-order valence-electron chi connectivity index (χ3n) is 5.25. The van der Waals surface area contributed by atoms with Crippen LogP contribution >= 0.6 is 0 Å². The van der Waals surface area contributed by atoms with E-state index in [2.05, 4.69) is 11.8 Å². The number of hydrogen-bond donors (Lipinski definition) is 0. The number of carbonyl (C=O) groups is 1. The van der Waals surface area contributed by atoms with Gasteiger partial charge in [-0.2, -0.15) is 13.2 Å². The first kappa shape index (κ1) is 17.8. The largest absolute Gasteiger partial charge is 0.416 e. The molecule has 4 rings (SSSR count). The highest BCUT2D eigenvalue weighted by molar-refractivity contribution is 6.11. The Hall–Kier alpha value is -2.60. The van der Waals surface area contributed by atoms with E-state index >= 15 is 0 Å². The lowest BCUT2D eigenvalue weighted by Gasteiger charge is -2.26. The van der Waals surface area contributed by atoms with Crippen LogP contribution in [0, 0.1) is 0 Å². The van der Waals surface area contributed by atoms with Crippen molar-refractivity contribution in [3.05, 3.63) is 59.2 Å². The summed E-state index contributed by atoms with van der Waals surface area (Å²) in [6.45, 7) is 5.67. The van der Waals surface area contributed by atoms with Crippen LogP contribution in [0.5, 0.6) is 0 Å². The van der Waals surface area contributed by atoms with E-state index in [0.29, 0.717) is 23.5 Å². The molecule has 140 valence electrons. The maximum absolute atomic E-state index is 13.3. The summed E-state index contributed by atoms with van der Waals surface area (Å²) in [5.41, 5.74) is 3.86. The fourth-order valence-electron chi connectivity index (χ4n) is 3.95. The topological polar surface area (TPSA) is 23.6 Å². The minimum atomic E-state index is -4.47. The van der Waals surface area contributed by atoms with Gasteiger partial charge in [-0.15, -0.1) is 0 Å². The van der Waals surface area contributed by atoms with E-state index in [1.165, 1.54) is 17.9 Å². The second kappa shape index (κ2) is 6.23. The average Bonchev–Trinajstić information content (AvgIpc) is 3.01. The molecular weight excluding hydrogens is 353 g/mol. The van der Waals surface area contributed by atoms with Crippen LogP contribution in [0.25, 0.3) is 11.1 Å². The number of fused-ring (bicyclic) bond motifs is 4. The fourth-order valence-corrected chi connectivity index (χ4v) is 3.95. The zero-order valence-corrected chi connectivity index (χ0v) is 15.1. The van der Waals surface area contributed by atoms with Gasteiger partial charge in [-0.1, -0.05) is 31.2 Å². The van der Waals surface area contributed by atoms with E-state index in [9.17, 15) is 18.0 Å². The third-order valence-corrected chi connectivity index (χ3v) is 5.25. The van der Waals surface area contributed by atoms with Gasteiger partial charge in [0.1, 0.15) is 0 Å². The SMILES string of the molecule is CCN1CC2=C(C1)c1ccc(C(F)(F)F)cc1N(C(C)=O)c1ccccc12. The van der Waals surface area contributed by atoms with Crippen LogP contribution < -0.4 is 4.90 Å². The molecule has 0 saturated carbocycles. The fraction of sp³-hybridized carbons (Fsp3) is 0.286. The maximum atomic E-state index is 13.3. The zero-order chi connectivity index (χ0) is 19.3. The molecule has 0 atom stereocenters. The summed E-state index contributed by atoms with van der Waals surface area (Å²) < 4.78 is 40.0. The molecule has 0 spiro atoms. The van der Waals surface area contributed by atoms with Crippen LogP contribution in [0.1, 0.15) is 30.5 Å². The lowest BCUT2D eigenvalue weighted by Crippen LogP contribution is -2.26. The number of anilines is 2. The lowest BCUT2D eigenvalue weighted by atomic mass is 9.96. The Balaban J connectivity index is 2.03. The first-order valence-corrected chi connectivity index (χ1v) is 8.87. The molecule has 0 fully saturated rings. The number of halogens is 3. The van der Waals surface area contributed by atoms with Gasteiger partial charge in [0.2, 0.25) is 5.91 Å². The number of amides is 1. The van der Waals surface area contributed by atoms with Gasteiger partial charge in [0.15, 0.2) is 0 Å². The van der Waals surface area contributed by atoms with Crippen molar-refractivity contribution in [3.63, 3.8) is 0 Å². The number of hydrogen-bond acceptors (Lipinski definition) is 2. The quantitative estimate of drug-likeness (QED) is 0.707. The number of para-hydroxylation sites is 1. The summed E-state index contributed by atoms with van der Waals surface area (Å²) in [5.74, 6) is -0.309. The monoisotopic (exact) mass is 372 g/mol. The summed E-state index contributed by atoms with van der Waals surface area (Å²) in [6.07, 6.45) is -4.47. The molecule has 2 aromatic carbocycles.